The van der Waals surface area contributed by atoms with E-state index in [9.17, 15) is 0 Å². The van der Waals surface area contributed by atoms with Crippen molar-refractivity contribution in [2.75, 3.05) is 0 Å². The lowest BCUT2D eigenvalue weighted by Gasteiger charge is -2.11. The third kappa shape index (κ3) is 2.14. The van der Waals surface area contributed by atoms with Gasteiger partial charge in [0.05, 0.1) is 0 Å². The van der Waals surface area contributed by atoms with E-state index < -0.39 is 0 Å². The summed E-state index contributed by atoms with van der Waals surface area (Å²) in [6.45, 7) is 12.1. The molecule has 0 unspecified atom stereocenters. The van der Waals surface area contributed by atoms with Crippen LogP contribution in [-0.2, 0) is 0 Å². The first-order valence-electron chi connectivity index (χ1n) is 6.13. The van der Waals surface area contributed by atoms with Gasteiger partial charge in [-0.15, -0.1) is 0 Å². The molecule has 0 fully saturated rings. The van der Waals surface area contributed by atoms with Gasteiger partial charge in [0.2, 0.25) is 0 Å². The van der Waals surface area contributed by atoms with Crippen LogP contribution in [0.1, 0.15) is 22.3 Å². The van der Waals surface area contributed by atoms with Crippen molar-refractivity contribution in [3.63, 3.8) is 0 Å². The van der Waals surface area contributed by atoms with Crippen LogP contribution < -0.4 is 0 Å². The minimum absolute atomic E-state index is 1.13. The van der Waals surface area contributed by atoms with Crippen molar-refractivity contribution in [3.05, 3.63) is 71.8 Å². The highest BCUT2D eigenvalue weighted by molar-refractivity contribution is 5.80. The van der Waals surface area contributed by atoms with Crippen molar-refractivity contribution in [2.24, 2.45) is 0 Å². The Hall–Kier alpha value is -2.08. The highest BCUT2D eigenvalue weighted by atomic mass is 14.1. The van der Waals surface area contributed by atoms with Gasteiger partial charge in [-0.2, -0.15) is 0 Å². The quantitative estimate of drug-likeness (QED) is 0.679. The van der Waals surface area contributed by atoms with Crippen LogP contribution in [0.5, 0.6) is 0 Å². The fourth-order valence-electron chi connectivity index (χ4n) is 2.15. The molecule has 2 aromatic rings. The molecule has 90 valence electrons. The zero-order chi connectivity index (χ0) is 13.1. The van der Waals surface area contributed by atoms with Crippen molar-refractivity contribution >= 4 is 12.2 Å². The Balaban J connectivity index is 2.66. The Morgan fingerprint density at radius 1 is 0.889 bits per heavy atom. The zero-order valence-electron chi connectivity index (χ0n) is 11.0. The van der Waals surface area contributed by atoms with Gasteiger partial charge in [0.15, 0.2) is 0 Å². The van der Waals surface area contributed by atoms with E-state index in [0.29, 0.717) is 0 Å². The van der Waals surface area contributed by atoms with Crippen LogP contribution in [-0.4, -0.2) is 0 Å². The van der Waals surface area contributed by atoms with Gasteiger partial charge in [-0.1, -0.05) is 61.7 Å². The molecule has 2 aromatic carbocycles. The summed E-state index contributed by atoms with van der Waals surface area (Å²) in [6, 6.07) is 12.8. The highest BCUT2D eigenvalue weighted by Crippen LogP contribution is 2.29. The molecule has 0 heteroatoms. The molecule has 0 aromatic heterocycles. The van der Waals surface area contributed by atoms with Crippen molar-refractivity contribution in [1.29, 1.82) is 0 Å². The minimum atomic E-state index is 1.13. The van der Waals surface area contributed by atoms with Crippen LogP contribution in [0.3, 0.4) is 0 Å². The monoisotopic (exact) mass is 234 g/mol. The standard InChI is InChI=1S/C18H18/c1-5-15-8-7-9-18(17(15)6-2)16-11-10-13(3)14(4)12-16/h5-12H,1-2H2,3-4H3. The van der Waals surface area contributed by atoms with Gasteiger partial charge in [0.25, 0.3) is 0 Å². The van der Waals surface area contributed by atoms with E-state index in [1.165, 1.54) is 22.3 Å². The maximum Gasteiger partial charge on any atom is -0.0106 e. The molecule has 18 heavy (non-hydrogen) atoms. The first kappa shape index (κ1) is 12.4. The number of aryl methyl sites for hydroxylation is 2. The Morgan fingerprint density at radius 2 is 1.67 bits per heavy atom. The summed E-state index contributed by atoms with van der Waals surface area (Å²) in [7, 11) is 0. The molecule has 0 N–H and O–H groups in total. The molecule has 0 saturated heterocycles. The fraction of sp³-hybridized carbons (Fsp3) is 0.111. The summed E-state index contributed by atoms with van der Waals surface area (Å²) < 4.78 is 0. The molecular weight excluding hydrogens is 216 g/mol. The number of benzene rings is 2. The lowest BCUT2D eigenvalue weighted by molar-refractivity contribution is 1.34. The number of hydrogen-bond acceptors (Lipinski definition) is 0. The smallest absolute Gasteiger partial charge is 0.0106 e. The van der Waals surface area contributed by atoms with Gasteiger partial charge in [-0.25, -0.2) is 0 Å². The Labute approximate surface area is 109 Å². The third-order valence-corrected chi connectivity index (χ3v) is 3.38. The fourth-order valence-corrected chi connectivity index (χ4v) is 2.15. The molecule has 0 bridgehead atoms. The molecule has 0 spiro atoms. The molecule has 0 saturated carbocycles. The average Bonchev–Trinajstić information content (AvgIpc) is 2.40. The van der Waals surface area contributed by atoms with Crippen molar-refractivity contribution in [2.45, 2.75) is 13.8 Å². The maximum absolute atomic E-state index is 3.92. The van der Waals surface area contributed by atoms with Crippen molar-refractivity contribution in [1.82, 2.24) is 0 Å². The second-order valence-electron chi connectivity index (χ2n) is 4.52. The van der Waals surface area contributed by atoms with Crippen LogP contribution in [0.15, 0.2) is 49.6 Å². The zero-order valence-corrected chi connectivity index (χ0v) is 11.0. The number of rotatable bonds is 3. The second kappa shape index (κ2) is 5.05. The van der Waals surface area contributed by atoms with E-state index in [1.54, 1.807) is 0 Å². The maximum atomic E-state index is 3.92. The van der Waals surface area contributed by atoms with Crippen molar-refractivity contribution < 1.29 is 0 Å². The van der Waals surface area contributed by atoms with Gasteiger partial charge in [0.1, 0.15) is 0 Å². The number of hydrogen-bond donors (Lipinski definition) is 0. The normalized spacial score (nSPS) is 10.1. The topological polar surface area (TPSA) is 0 Å². The molecule has 0 aliphatic rings. The van der Waals surface area contributed by atoms with Crippen LogP contribution in [0.4, 0.5) is 0 Å². The summed E-state index contributed by atoms with van der Waals surface area (Å²) in [5.41, 5.74) is 7.35. The van der Waals surface area contributed by atoms with Gasteiger partial charge in [0, 0.05) is 0 Å². The predicted octanol–water partition coefficient (Wildman–Crippen LogP) is 5.26. The van der Waals surface area contributed by atoms with Crippen LogP contribution in [0.2, 0.25) is 0 Å². The first-order valence-corrected chi connectivity index (χ1v) is 6.13. The van der Waals surface area contributed by atoms with Crippen LogP contribution >= 0.6 is 0 Å². The Bertz CT molecular complexity index is 603. The molecular formula is C18H18. The molecule has 0 aliphatic heterocycles. The second-order valence-corrected chi connectivity index (χ2v) is 4.52. The van der Waals surface area contributed by atoms with E-state index in [2.05, 4.69) is 63.4 Å². The molecule has 0 aliphatic carbocycles. The lowest BCUT2D eigenvalue weighted by Crippen LogP contribution is -1.89. The largest absolute Gasteiger partial charge is 0.0984 e. The predicted molar refractivity (Wildman–Crippen MR) is 81.5 cm³/mol. The van der Waals surface area contributed by atoms with Gasteiger partial charge in [-0.05, 0) is 47.2 Å². The molecule has 0 amide bonds. The third-order valence-electron chi connectivity index (χ3n) is 3.38. The Morgan fingerprint density at radius 3 is 2.28 bits per heavy atom. The average molecular weight is 234 g/mol. The van der Waals surface area contributed by atoms with Crippen LogP contribution in [0.25, 0.3) is 23.3 Å². The van der Waals surface area contributed by atoms with E-state index >= 15 is 0 Å². The molecule has 0 radical (unpaired) electrons. The molecule has 0 heterocycles. The van der Waals surface area contributed by atoms with Crippen molar-refractivity contribution in [3.8, 4) is 11.1 Å². The molecule has 0 atom stereocenters. The van der Waals surface area contributed by atoms with Gasteiger partial charge >= 0.3 is 0 Å². The summed E-state index contributed by atoms with van der Waals surface area (Å²) in [5.74, 6) is 0. The lowest BCUT2D eigenvalue weighted by atomic mass is 9.93. The summed E-state index contributed by atoms with van der Waals surface area (Å²) in [4.78, 5) is 0. The summed E-state index contributed by atoms with van der Waals surface area (Å²) in [5, 5.41) is 0. The minimum Gasteiger partial charge on any atom is -0.0984 e. The van der Waals surface area contributed by atoms with E-state index in [1.807, 2.05) is 12.2 Å². The molecule has 0 nitrogen and oxygen atoms in total. The van der Waals surface area contributed by atoms with Gasteiger partial charge < -0.3 is 0 Å². The van der Waals surface area contributed by atoms with Crippen LogP contribution in [0, 0.1) is 13.8 Å². The molecule has 2 rings (SSSR count). The summed E-state index contributed by atoms with van der Waals surface area (Å²) >= 11 is 0. The van der Waals surface area contributed by atoms with E-state index in [0.717, 1.165) is 11.1 Å². The van der Waals surface area contributed by atoms with Gasteiger partial charge in [-0.3, -0.25) is 0 Å². The van der Waals surface area contributed by atoms with E-state index in [4.69, 9.17) is 0 Å². The summed E-state index contributed by atoms with van der Waals surface area (Å²) in [6.07, 6.45) is 3.78. The van der Waals surface area contributed by atoms with E-state index in [-0.39, 0.29) is 0 Å². The first-order chi connectivity index (χ1) is 8.67. The SMILES string of the molecule is C=Cc1cccc(-c2ccc(C)c(C)c2)c1C=C. The highest BCUT2D eigenvalue weighted by Gasteiger charge is 2.06. The Kier molecular flexibility index (Phi) is 3.47.